The molecule has 0 aliphatic carbocycles. The standard InChI is InChI=1S/C20H31NO3/c1-14-9-15(2)11-16(10-14)19(22)12-21-7-4-5-18(21)17-13-24-8-6-20(17,3)23/h9-11,17-19,22-23H,4-8,12-13H2,1-3H3. The summed E-state index contributed by atoms with van der Waals surface area (Å²) in [5.74, 6) is 0.125. The fraction of sp³-hybridized carbons (Fsp3) is 0.700. The Morgan fingerprint density at radius 2 is 2.00 bits per heavy atom. The molecule has 0 spiro atoms. The Bertz CT molecular complexity index is 552. The van der Waals surface area contributed by atoms with Crippen LogP contribution in [-0.4, -0.2) is 53.1 Å². The Labute approximate surface area is 145 Å². The number of β-amino-alcohol motifs (C(OH)–C–C–N with tert-alkyl or cyclic N) is 1. The lowest BCUT2D eigenvalue weighted by Gasteiger charge is -2.43. The molecule has 0 bridgehead atoms. The zero-order valence-electron chi connectivity index (χ0n) is 15.2. The van der Waals surface area contributed by atoms with E-state index in [9.17, 15) is 10.2 Å². The van der Waals surface area contributed by atoms with Gasteiger partial charge >= 0.3 is 0 Å². The number of ether oxygens (including phenoxy) is 1. The summed E-state index contributed by atoms with van der Waals surface area (Å²) in [5.41, 5.74) is 2.69. The average molecular weight is 333 g/mol. The third kappa shape index (κ3) is 3.83. The van der Waals surface area contributed by atoms with Crippen LogP contribution in [0.4, 0.5) is 0 Å². The molecule has 24 heavy (non-hydrogen) atoms. The molecule has 0 radical (unpaired) electrons. The van der Waals surface area contributed by atoms with E-state index in [0.29, 0.717) is 32.2 Å². The molecule has 2 saturated heterocycles. The van der Waals surface area contributed by atoms with Gasteiger partial charge in [-0.1, -0.05) is 29.3 Å². The highest BCUT2D eigenvalue weighted by molar-refractivity contribution is 5.30. The maximum absolute atomic E-state index is 10.8. The van der Waals surface area contributed by atoms with E-state index in [1.807, 2.05) is 6.92 Å². The van der Waals surface area contributed by atoms with Gasteiger partial charge < -0.3 is 14.9 Å². The highest BCUT2D eigenvalue weighted by Crippen LogP contribution is 2.36. The summed E-state index contributed by atoms with van der Waals surface area (Å²) < 4.78 is 5.65. The van der Waals surface area contributed by atoms with Crippen LogP contribution in [0.1, 0.15) is 49.0 Å². The maximum atomic E-state index is 10.8. The quantitative estimate of drug-likeness (QED) is 0.889. The third-order valence-electron chi connectivity index (χ3n) is 5.76. The average Bonchev–Trinajstić information content (AvgIpc) is 2.93. The van der Waals surface area contributed by atoms with Gasteiger partial charge in [-0.15, -0.1) is 0 Å². The monoisotopic (exact) mass is 333 g/mol. The molecule has 2 aliphatic rings. The summed E-state index contributed by atoms with van der Waals surface area (Å²) in [4.78, 5) is 2.36. The highest BCUT2D eigenvalue weighted by atomic mass is 16.5. The number of aryl methyl sites for hydroxylation is 2. The van der Waals surface area contributed by atoms with E-state index < -0.39 is 11.7 Å². The predicted octanol–water partition coefficient (Wildman–Crippen LogP) is 2.59. The van der Waals surface area contributed by atoms with E-state index in [-0.39, 0.29) is 5.92 Å². The summed E-state index contributed by atoms with van der Waals surface area (Å²) in [5, 5.41) is 21.5. The van der Waals surface area contributed by atoms with Crippen molar-refractivity contribution in [2.24, 2.45) is 5.92 Å². The molecule has 2 aliphatic heterocycles. The van der Waals surface area contributed by atoms with E-state index in [2.05, 4.69) is 36.9 Å². The van der Waals surface area contributed by atoms with Crippen LogP contribution >= 0.6 is 0 Å². The molecule has 2 N–H and O–H groups in total. The van der Waals surface area contributed by atoms with Crippen LogP contribution in [-0.2, 0) is 4.74 Å². The first kappa shape index (κ1) is 17.9. The second kappa shape index (κ2) is 7.12. The van der Waals surface area contributed by atoms with Crippen molar-refractivity contribution in [3.63, 3.8) is 0 Å². The molecule has 0 aromatic heterocycles. The fourth-order valence-corrected chi connectivity index (χ4v) is 4.44. The van der Waals surface area contributed by atoms with Crippen LogP contribution in [0.2, 0.25) is 0 Å². The van der Waals surface area contributed by atoms with E-state index in [1.165, 1.54) is 11.1 Å². The lowest BCUT2D eigenvalue weighted by atomic mass is 9.79. The highest BCUT2D eigenvalue weighted by Gasteiger charge is 2.44. The van der Waals surface area contributed by atoms with Gasteiger partial charge in [0.15, 0.2) is 0 Å². The predicted molar refractivity (Wildman–Crippen MR) is 95.0 cm³/mol. The minimum absolute atomic E-state index is 0.125. The van der Waals surface area contributed by atoms with Gasteiger partial charge in [0.05, 0.1) is 18.3 Å². The number of rotatable bonds is 4. The molecule has 4 atom stereocenters. The Hall–Kier alpha value is -0.940. The summed E-state index contributed by atoms with van der Waals surface area (Å²) in [6, 6.07) is 6.57. The third-order valence-corrected chi connectivity index (χ3v) is 5.76. The first-order valence-corrected chi connectivity index (χ1v) is 9.17. The molecule has 2 fully saturated rings. The van der Waals surface area contributed by atoms with Crippen molar-refractivity contribution in [3.05, 3.63) is 34.9 Å². The zero-order valence-corrected chi connectivity index (χ0v) is 15.2. The smallest absolute Gasteiger partial charge is 0.0917 e. The molecule has 3 rings (SSSR count). The summed E-state index contributed by atoms with van der Waals surface area (Å²) in [6.45, 7) is 8.95. The lowest BCUT2D eigenvalue weighted by Crippen LogP contribution is -2.53. The van der Waals surface area contributed by atoms with Crippen LogP contribution in [0.15, 0.2) is 18.2 Å². The van der Waals surface area contributed by atoms with Crippen molar-refractivity contribution >= 4 is 0 Å². The number of nitrogens with zero attached hydrogens (tertiary/aromatic N) is 1. The van der Waals surface area contributed by atoms with Crippen molar-refractivity contribution in [1.29, 1.82) is 0 Å². The van der Waals surface area contributed by atoms with Crippen LogP contribution in [0.5, 0.6) is 0 Å². The molecule has 1 aromatic carbocycles. The summed E-state index contributed by atoms with van der Waals surface area (Å²) in [7, 11) is 0. The van der Waals surface area contributed by atoms with Crippen molar-refractivity contribution < 1.29 is 14.9 Å². The van der Waals surface area contributed by atoms with Gasteiger partial charge in [-0.25, -0.2) is 0 Å². The molecular formula is C20H31NO3. The minimum atomic E-state index is -0.670. The second-order valence-corrected chi connectivity index (χ2v) is 7.93. The fourth-order valence-electron chi connectivity index (χ4n) is 4.44. The molecule has 2 heterocycles. The Balaban J connectivity index is 1.71. The number of likely N-dealkylation sites (tertiary alicyclic amines) is 1. The minimum Gasteiger partial charge on any atom is -0.390 e. The van der Waals surface area contributed by atoms with Crippen molar-refractivity contribution in [1.82, 2.24) is 4.90 Å². The van der Waals surface area contributed by atoms with Crippen molar-refractivity contribution in [2.45, 2.75) is 57.8 Å². The van der Waals surface area contributed by atoms with E-state index >= 15 is 0 Å². The van der Waals surface area contributed by atoms with Crippen LogP contribution in [0, 0.1) is 19.8 Å². The van der Waals surface area contributed by atoms with Crippen molar-refractivity contribution in [2.75, 3.05) is 26.3 Å². The van der Waals surface area contributed by atoms with E-state index in [4.69, 9.17) is 4.74 Å². The van der Waals surface area contributed by atoms with Gasteiger partial charge in [-0.05, 0) is 52.1 Å². The molecule has 4 nitrogen and oxygen atoms in total. The molecular weight excluding hydrogens is 302 g/mol. The Kier molecular flexibility index (Phi) is 5.30. The van der Waals surface area contributed by atoms with Gasteiger partial charge in [-0.2, -0.15) is 0 Å². The molecule has 0 amide bonds. The van der Waals surface area contributed by atoms with Crippen LogP contribution in [0.25, 0.3) is 0 Å². The van der Waals surface area contributed by atoms with E-state index in [1.54, 1.807) is 0 Å². The first-order valence-electron chi connectivity index (χ1n) is 9.17. The van der Waals surface area contributed by atoms with Crippen LogP contribution < -0.4 is 0 Å². The zero-order chi connectivity index (χ0) is 17.3. The number of hydrogen-bond acceptors (Lipinski definition) is 4. The van der Waals surface area contributed by atoms with Crippen molar-refractivity contribution in [3.8, 4) is 0 Å². The van der Waals surface area contributed by atoms with Gasteiger partial charge in [0.1, 0.15) is 0 Å². The Morgan fingerprint density at radius 3 is 2.67 bits per heavy atom. The maximum Gasteiger partial charge on any atom is 0.0917 e. The summed E-state index contributed by atoms with van der Waals surface area (Å²) in [6.07, 6.45) is 2.40. The molecule has 1 aromatic rings. The SMILES string of the molecule is Cc1cc(C)cc(C(O)CN2CCCC2C2COCCC2(C)O)c1. The number of hydrogen-bond donors (Lipinski definition) is 2. The molecule has 4 heteroatoms. The largest absolute Gasteiger partial charge is 0.390 e. The van der Waals surface area contributed by atoms with Gasteiger partial charge in [-0.3, -0.25) is 4.90 Å². The van der Waals surface area contributed by atoms with Crippen LogP contribution in [0.3, 0.4) is 0 Å². The topological polar surface area (TPSA) is 52.9 Å². The first-order chi connectivity index (χ1) is 11.4. The number of benzene rings is 1. The van der Waals surface area contributed by atoms with Gasteiger partial charge in [0.2, 0.25) is 0 Å². The summed E-state index contributed by atoms with van der Waals surface area (Å²) >= 11 is 0. The molecule has 134 valence electrons. The molecule has 0 saturated carbocycles. The lowest BCUT2D eigenvalue weighted by molar-refractivity contribution is -0.124. The van der Waals surface area contributed by atoms with E-state index in [0.717, 1.165) is 24.9 Å². The van der Waals surface area contributed by atoms with Gasteiger partial charge in [0, 0.05) is 25.1 Å². The number of aliphatic hydroxyl groups excluding tert-OH is 1. The number of aliphatic hydroxyl groups is 2. The second-order valence-electron chi connectivity index (χ2n) is 7.93. The van der Waals surface area contributed by atoms with Gasteiger partial charge in [0.25, 0.3) is 0 Å². The molecule has 4 unspecified atom stereocenters. The normalized spacial score (nSPS) is 32.9. The Morgan fingerprint density at radius 1 is 1.29 bits per heavy atom.